The van der Waals surface area contributed by atoms with Crippen molar-refractivity contribution in [2.45, 2.75) is 26.2 Å². The lowest BCUT2D eigenvalue weighted by Crippen LogP contribution is -2.19. The number of carbonyl (C=O) groups is 1. The maximum absolute atomic E-state index is 12.0. The third kappa shape index (κ3) is 3.06. The second-order valence-electron chi connectivity index (χ2n) is 6.92. The van der Waals surface area contributed by atoms with Crippen molar-refractivity contribution < 1.29 is 14.6 Å². The molecule has 0 saturated heterocycles. The van der Waals surface area contributed by atoms with Crippen molar-refractivity contribution in [1.82, 2.24) is 0 Å². The fourth-order valence-electron chi connectivity index (χ4n) is 3.38. The van der Waals surface area contributed by atoms with Crippen LogP contribution in [-0.2, 0) is 4.79 Å². The van der Waals surface area contributed by atoms with E-state index in [4.69, 9.17) is 16.3 Å². The van der Waals surface area contributed by atoms with Gasteiger partial charge in [0, 0.05) is 11.1 Å². The summed E-state index contributed by atoms with van der Waals surface area (Å²) in [6, 6.07) is 11.4. The first-order valence-corrected chi connectivity index (χ1v) is 9.19. The van der Waals surface area contributed by atoms with E-state index >= 15 is 0 Å². The standard InChI is InChI=1S/C21H20ClNO3/c1-12(24)20-17-9-16(18(22)10-19(17)23-21(20)25)14-5-7-15(8-6-14)26-11-13-3-2-4-13/h5-10,13,24H,2-4,11H2,1H3,(H,23,25)/b20-12+. The van der Waals surface area contributed by atoms with Crippen molar-refractivity contribution in [3.8, 4) is 16.9 Å². The van der Waals surface area contributed by atoms with Gasteiger partial charge in [0.25, 0.3) is 5.91 Å². The predicted octanol–water partition coefficient (Wildman–Crippen LogP) is 5.43. The lowest BCUT2D eigenvalue weighted by Gasteiger charge is -2.25. The van der Waals surface area contributed by atoms with Crippen molar-refractivity contribution in [3.63, 3.8) is 0 Å². The van der Waals surface area contributed by atoms with E-state index in [0.29, 0.717) is 27.8 Å². The molecule has 0 spiro atoms. The van der Waals surface area contributed by atoms with Gasteiger partial charge < -0.3 is 15.2 Å². The normalized spacial score (nSPS) is 18.2. The number of amides is 1. The number of allylic oxidation sites excluding steroid dienone is 1. The third-order valence-electron chi connectivity index (χ3n) is 5.09. The van der Waals surface area contributed by atoms with Gasteiger partial charge in [-0.05, 0) is 55.5 Å². The van der Waals surface area contributed by atoms with Crippen LogP contribution >= 0.6 is 11.6 Å². The summed E-state index contributed by atoms with van der Waals surface area (Å²) in [5.74, 6) is 1.22. The molecule has 2 aliphatic rings. The summed E-state index contributed by atoms with van der Waals surface area (Å²) in [6.45, 7) is 2.28. The number of aliphatic hydroxyl groups is 1. The molecule has 1 saturated carbocycles. The van der Waals surface area contributed by atoms with Crippen LogP contribution in [0.25, 0.3) is 16.7 Å². The maximum atomic E-state index is 12.0. The number of anilines is 1. The predicted molar refractivity (Wildman–Crippen MR) is 104 cm³/mol. The first-order valence-electron chi connectivity index (χ1n) is 8.81. The number of hydrogen-bond acceptors (Lipinski definition) is 3. The Kier molecular flexibility index (Phi) is 4.37. The molecule has 4 rings (SSSR count). The molecule has 0 atom stereocenters. The van der Waals surface area contributed by atoms with Crippen molar-refractivity contribution >= 4 is 28.8 Å². The van der Waals surface area contributed by atoms with E-state index in [-0.39, 0.29) is 11.7 Å². The molecule has 0 aromatic heterocycles. The highest BCUT2D eigenvalue weighted by Gasteiger charge is 2.28. The number of ether oxygens (including phenoxy) is 1. The molecule has 1 aliphatic carbocycles. The number of halogens is 1. The lowest BCUT2D eigenvalue weighted by molar-refractivity contribution is -0.110. The quantitative estimate of drug-likeness (QED) is 0.558. The van der Waals surface area contributed by atoms with Crippen LogP contribution in [0.5, 0.6) is 5.75 Å². The summed E-state index contributed by atoms with van der Waals surface area (Å²) >= 11 is 6.43. The SMILES string of the molecule is C/C(O)=C1\C(=O)Nc2cc(Cl)c(-c3ccc(OCC4CCC4)cc3)cc21. The molecule has 5 heteroatoms. The van der Waals surface area contributed by atoms with Gasteiger partial charge in [-0.25, -0.2) is 0 Å². The van der Waals surface area contributed by atoms with Crippen molar-refractivity contribution in [3.05, 3.63) is 52.7 Å². The summed E-state index contributed by atoms with van der Waals surface area (Å²) in [7, 11) is 0. The van der Waals surface area contributed by atoms with Gasteiger partial charge in [0.05, 0.1) is 22.9 Å². The summed E-state index contributed by atoms with van der Waals surface area (Å²) in [5.41, 5.74) is 3.32. The van der Waals surface area contributed by atoms with E-state index in [9.17, 15) is 9.90 Å². The summed E-state index contributed by atoms with van der Waals surface area (Å²) in [6.07, 6.45) is 3.83. The molecule has 1 fully saturated rings. The van der Waals surface area contributed by atoms with E-state index in [1.54, 1.807) is 6.07 Å². The molecule has 1 amide bonds. The average Bonchev–Trinajstić information content (AvgIpc) is 2.88. The van der Waals surface area contributed by atoms with Crippen molar-refractivity contribution in [2.24, 2.45) is 5.92 Å². The van der Waals surface area contributed by atoms with Crippen LogP contribution in [0.4, 0.5) is 5.69 Å². The van der Waals surface area contributed by atoms with Crippen LogP contribution in [0.2, 0.25) is 5.02 Å². The highest BCUT2D eigenvalue weighted by Crippen LogP contribution is 2.40. The molecule has 2 N–H and O–H groups in total. The molecule has 134 valence electrons. The minimum absolute atomic E-state index is 0.00531. The van der Waals surface area contributed by atoms with Gasteiger partial charge in [-0.1, -0.05) is 30.2 Å². The molecule has 26 heavy (non-hydrogen) atoms. The molecule has 0 radical (unpaired) electrons. The minimum atomic E-state index is -0.312. The van der Waals surface area contributed by atoms with Gasteiger partial charge >= 0.3 is 0 Å². The van der Waals surface area contributed by atoms with Crippen LogP contribution in [0.1, 0.15) is 31.7 Å². The van der Waals surface area contributed by atoms with Gasteiger partial charge in [-0.15, -0.1) is 0 Å². The fourth-order valence-corrected chi connectivity index (χ4v) is 3.65. The Morgan fingerprint density at radius 2 is 1.96 bits per heavy atom. The summed E-state index contributed by atoms with van der Waals surface area (Å²) in [5, 5.41) is 13.1. The molecule has 0 bridgehead atoms. The lowest BCUT2D eigenvalue weighted by atomic mass is 9.86. The number of fused-ring (bicyclic) bond motifs is 1. The zero-order valence-corrected chi connectivity index (χ0v) is 15.3. The van der Waals surface area contributed by atoms with Crippen LogP contribution in [0.15, 0.2) is 42.2 Å². The largest absolute Gasteiger partial charge is 0.512 e. The molecule has 1 heterocycles. The van der Waals surface area contributed by atoms with E-state index in [1.165, 1.54) is 26.2 Å². The Morgan fingerprint density at radius 1 is 1.23 bits per heavy atom. The van der Waals surface area contributed by atoms with Crippen molar-refractivity contribution in [1.29, 1.82) is 0 Å². The van der Waals surface area contributed by atoms with Gasteiger partial charge in [-0.2, -0.15) is 0 Å². The molecule has 0 unspecified atom stereocenters. The summed E-state index contributed by atoms with van der Waals surface area (Å²) < 4.78 is 5.84. The first kappa shape index (κ1) is 17.0. The zero-order chi connectivity index (χ0) is 18.3. The van der Waals surface area contributed by atoms with Gasteiger partial charge in [0.1, 0.15) is 11.5 Å². The molecule has 2 aromatic carbocycles. The van der Waals surface area contributed by atoms with Gasteiger partial charge in [-0.3, -0.25) is 4.79 Å². The minimum Gasteiger partial charge on any atom is -0.512 e. The summed E-state index contributed by atoms with van der Waals surface area (Å²) in [4.78, 5) is 12.0. The number of aliphatic hydroxyl groups excluding tert-OH is 1. The number of rotatable bonds is 4. The average molecular weight is 370 g/mol. The number of benzene rings is 2. The van der Waals surface area contributed by atoms with E-state index in [0.717, 1.165) is 23.5 Å². The highest BCUT2D eigenvalue weighted by atomic mass is 35.5. The van der Waals surface area contributed by atoms with Crippen LogP contribution < -0.4 is 10.1 Å². The van der Waals surface area contributed by atoms with Crippen LogP contribution in [-0.4, -0.2) is 17.6 Å². The van der Waals surface area contributed by atoms with E-state index < -0.39 is 0 Å². The maximum Gasteiger partial charge on any atom is 0.259 e. The molecular formula is C21H20ClNO3. The number of hydrogen-bond donors (Lipinski definition) is 2. The Hall–Kier alpha value is -2.46. The van der Waals surface area contributed by atoms with Gasteiger partial charge in [0.15, 0.2) is 0 Å². The highest BCUT2D eigenvalue weighted by molar-refractivity contribution is 6.36. The Bertz CT molecular complexity index is 894. The number of nitrogens with one attached hydrogen (secondary N) is 1. The number of carbonyl (C=O) groups excluding carboxylic acids is 1. The molecule has 2 aromatic rings. The molecule has 4 nitrogen and oxygen atoms in total. The monoisotopic (exact) mass is 369 g/mol. The molecule has 1 aliphatic heterocycles. The Balaban J connectivity index is 1.62. The molecular weight excluding hydrogens is 350 g/mol. The first-order chi connectivity index (χ1) is 12.5. The second-order valence-corrected chi connectivity index (χ2v) is 7.33. The van der Waals surface area contributed by atoms with E-state index in [2.05, 4.69) is 5.32 Å². The fraction of sp³-hybridized carbons (Fsp3) is 0.286. The topological polar surface area (TPSA) is 58.6 Å². The van der Waals surface area contributed by atoms with E-state index in [1.807, 2.05) is 30.3 Å². The Labute approximate surface area is 157 Å². The van der Waals surface area contributed by atoms with Crippen molar-refractivity contribution in [2.75, 3.05) is 11.9 Å². The third-order valence-corrected chi connectivity index (χ3v) is 5.40. The Morgan fingerprint density at radius 3 is 2.58 bits per heavy atom. The zero-order valence-electron chi connectivity index (χ0n) is 14.5. The van der Waals surface area contributed by atoms with Crippen LogP contribution in [0.3, 0.4) is 0 Å². The van der Waals surface area contributed by atoms with Gasteiger partial charge in [0.2, 0.25) is 0 Å². The van der Waals surface area contributed by atoms with Crippen LogP contribution in [0, 0.1) is 5.92 Å². The smallest absolute Gasteiger partial charge is 0.259 e. The second kappa shape index (κ2) is 6.69.